The molecule has 162 valence electrons. The fourth-order valence-electron chi connectivity index (χ4n) is 4.03. The van der Waals surface area contributed by atoms with Gasteiger partial charge in [0.05, 0.1) is 17.0 Å². The van der Waals surface area contributed by atoms with Gasteiger partial charge in [-0.1, -0.05) is 52.8 Å². The maximum Gasteiger partial charge on any atom is 0.167 e. The van der Waals surface area contributed by atoms with Crippen molar-refractivity contribution in [1.82, 2.24) is 15.3 Å². The molecule has 3 heterocycles. The first-order chi connectivity index (χ1) is 15.1. The van der Waals surface area contributed by atoms with E-state index in [1.807, 2.05) is 80.6 Å². The summed E-state index contributed by atoms with van der Waals surface area (Å²) >= 11 is 0. The number of fused-ring (bicyclic) bond motifs is 1. The number of pyridine rings is 1. The van der Waals surface area contributed by atoms with Gasteiger partial charge in [0.2, 0.25) is 0 Å². The van der Waals surface area contributed by atoms with Gasteiger partial charge in [0.15, 0.2) is 5.58 Å². The molecule has 0 aliphatic carbocycles. The number of halogens is 1. The van der Waals surface area contributed by atoms with Gasteiger partial charge in [-0.2, -0.15) is 0 Å². The van der Waals surface area contributed by atoms with Gasteiger partial charge < -0.3 is 14.8 Å². The van der Waals surface area contributed by atoms with Crippen LogP contribution in [0.15, 0.2) is 75.8 Å². The van der Waals surface area contributed by atoms with Gasteiger partial charge in [-0.25, -0.2) is 0 Å². The Kier molecular flexibility index (Phi) is 6.08. The summed E-state index contributed by atoms with van der Waals surface area (Å²) in [7, 11) is 0. The van der Waals surface area contributed by atoms with Crippen LogP contribution in [-0.4, -0.2) is 15.3 Å². The largest absolute Gasteiger partial charge is 0.361 e. The van der Waals surface area contributed by atoms with Crippen molar-refractivity contribution >= 4 is 23.4 Å². The van der Waals surface area contributed by atoms with E-state index in [9.17, 15) is 0 Å². The standard InChI is InChI=1S/C25H22N4O2.ClH/c1-15-24(16(2)30-28-15)22-12-7-8-17(27-22)14-21(26)18-9-3-4-10-19(18)25-20-11-5-6-13-23(20)31-29-25;/h3-13,21H,14,26H2,1-2H3;1H/t21-;/m0./s1. The average Bonchev–Trinajstić information content (AvgIpc) is 3.36. The molecule has 0 saturated carbocycles. The van der Waals surface area contributed by atoms with E-state index in [0.29, 0.717) is 6.42 Å². The number of hydrogen-bond acceptors (Lipinski definition) is 6. The van der Waals surface area contributed by atoms with Crippen molar-refractivity contribution in [2.45, 2.75) is 26.3 Å². The average molecular weight is 447 g/mol. The lowest BCUT2D eigenvalue weighted by molar-refractivity contribution is 0.393. The van der Waals surface area contributed by atoms with Gasteiger partial charge in [0, 0.05) is 29.1 Å². The molecule has 0 aliphatic rings. The summed E-state index contributed by atoms with van der Waals surface area (Å²) in [6.45, 7) is 3.82. The number of nitrogens with zero attached hydrogens (tertiary/aromatic N) is 3. The first kappa shape index (κ1) is 21.7. The molecule has 7 heteroatoms. The number of aromatic nitrogens is 3. The second-order valence-electron chi connectivity index (χ2n) is 7.64. The molecule has 1 atom stereocenters. The molecule has 0 radical (unpaired) electrons. The molecule has 0 aliphatic heterocycles. The highest BCUT2D eigenvalue weighted by molar-refractivity contribution is 5.92. The van der Waals surface area contributed by atoms with Crippen LogP contribution in [0.3, 0.4) is 0 Å². The SMILES string of the molecule is Cc1noc(C)c1-c1cccc(C[C@H](N)c2ccccc2-c2noc3ccccc23)n1.Cl. The summed E-state index contributed by atoms with van der Waals surface area (Å²) in [6, 6.07) is 21.6. The Labute approximate surface area is 191 Å². The van der Waals surface area contributed by atoms with E-state index in [-0.39, 0.29) is 18.4 Å². The van der Waals surface area contributed by atoms with Gasteiger partial charge in [-0.15, -0.1) is 12.4 Å². The molecule has 0 unspecified atom stereocenters. The zero-order valence-corrected chi connectivity index (χ0v) is 18.6. The molecule has 6 nitrogen and oxygen atoms in total. The minimum Gasteiger partial charge on any atom is -0.361 e. The lowest BCUT2D eigenvalue weighted by Gasteiger charge is -2.16. The number of benzene rings is 2. The number of hydrogen-bond donors (Lipinski definition) is 1. The molecule has 0 fully saturated rings. The van der Waals surface area contributed by atoms with Crippen molar-refractivity contribution in [3.8, 4) is 22.5 Å². The number of nitrogens with two attached hydrogens (primary N) is 1. The number of aryl methyl sites for hydroxylation is 2. The van der Waals surface area contributed by atoms with Crippen LogP contribution >= 0.6 is 12.4 Å². The van der Waals surface area contributed by atoms with E-state index in [1.165, 1.54) is 0 Å². The first-order valence-electron chi connectivity index (χ1n) is 10.2. The van der Waals surface area contributed by atoms with E-state index in [0.717, 1.165) is 56.2 Å². The van der Waals surface area contributed by atoms with Crippen LogP contribution in [0.1, 0.15) is 28.8 Å². The molecule has 3 aromatic heterocycles. The molecule has 0 amide bonds. The highest BCUT2D eigenvalue weighted by atomic mass is 35.5. The van der Waals surface area contributed by atoms with Gasteiger partial charge in [-0.3, -0.25) is 4.98 Å². The summed E-state index contributed by atoms with van der Waals surface area (Å²) < 4.78 is 10.8. The van der Waals surface area contributed by atoms with Gasteiger partial charge >= 0.3 is 0 Å². The molecule has 2 aromatic carbocycles. The number of para-hydroxylation sites is 1. The van der Waals surface area contributed by atoms with Crippen molar-refractivity contribution in [1.29, 1.82) is 0 Å². The van der Waals surface area contributed by atoms with Crippen LogP contribution in [0, 0.1) is 13.8 Å². The molecule has 0 bridgehead atoms. The lowest BCUT2D eigenvalue weighted by Crippen LogP contribution is -2.15. The molecular formula is C25H23ClN4O2. The zero-order valence-electron chi connectivity index (χ0n) is 17.8. The van der Waals surface area contributed by atoms with Crippen LogP contribution in [0.5, 0.6) is 0 Å². The van der Waals surface area contributed by atoms with Crippen LogP contribution in [-0.2, 0) is 6.42 Å². The fraction of sp³-hybridized carbons (Fsp3) is 0.160. The van der Waals surface area contributed by atoms with Crippen molar-refractivity contribution in [2.24, 2.45) is 5.73 Å². The summed E-state index contributed by atoms with van der Waals surface area (Å²) in [5, 5.41) is 9.33. The lowest BCUT2D eigenvalue weighted by atomic mass is 9.94. The molecule has 5 rings (SSSR count). The summed E-state index contributed by atoms with van der Waals surface area (Å²) in [6.07, 6.45) is 0.587. The molecule has 32 heavy (non-hydrogen) atoms. The summed E-state index contributed by atoms with van der Waals surface area (Å²) in [5.41, 5.74) is 13.7. The highest BCUT2D eigenvalue weighted by Gasteiger charge is 2.19. The minimum atomic E-state index is -0.251. The second-order valence-corrected chi connectivity index (χ2v) is 7.64. The van der Waals surface area contributed by atoms with Crippen molar-refractivity contribution in [3.05, 3.63) is 89.4 Å². The predicted octanol–water partition coefficient (Wildman–Crippen LogP) is 5.83. The third-order valence-electron chi connectivity index (χ3n) is 5.52. The van der Waals surface area contributed by atoms with Crippen LogP contribution < -0.4 is 5.73 Å². The molecule has 0 saturated heterocycles. The monoisotopic (exact) mass is 446 g/mol. The van der Waals surface area contributed by atoms with Crippen molar-refractivity contribution < 1.29 is 9.05 Å². The molecule has 5 aromatic rings. The normalized spacial score (nSPS) is 12.0. The van der Waals surface area contributed by atoms with E-state index in [2.05, 4.69) is 10.3 Å². The number of rotatable bonds is 5. The zero-order chi connectivity index (χ0) is 21.4. The Morgan fingerprint density at radius 3 is 2.47 bits per heavy atom. The summed E-state index contributed by atoms with van der Waals surface area (Å²) in [5.74, 6) is 0.759. The van der Waals surface area contributed by atoms with Gasteiger partial charge in [0.25, 0.3) is 0 Å². The fourth-order valence-corrected chi connectivity index (χ4v) is 4.03. The van der Waals surface area contributed by atoms with Crippen LogP contribution in [0.4, 0.5) is 0 Å². The Morgan fingerprint density at radius 2 is 1.66 bits per heavy atom. The Bertz CT molecular complexity index is 1360. The Balaban J connectivity index is 0.00000245. The summed E-state index contributed by atoms with van der Waals surface area (Å²) in [4.78, 5) is 4.83. The molecular weight excluding hydrogens is 424 g/mol. The van der Waals surface area contributed by atoms with Crippen molar-refractivity contribution in [3.63, 3.8) is 0 Å². The van der Waals surface area contributed by atoms with E-state index in [4.69, 9.17) is 19.8 Å². The topological polar surface area (TPSA) is 91.0 Å². The third-order valence-corrected chi connectivity index (χ3v) is 5.52. The Hall–Kier alpha value is -3.48. The Morgan fingerprint density at radius 1 is 0.875 bits per heavy atom. The maximum atomic E-state index is 6.68. The first-order valence-corrected chi connectivity index (χ1v) is 10.2. The molecule has 2 N–H and O–H groups in total. The van der Waals surface area contributed by atoms with E-state index >= 15 is 0 Å². The predicted molar refractivity (Wildman–Crippen MR) is 127 cm³/mol. The highest BCUT2D eigenvalue weighted by Crippen LogP contribution is 2.33. The van der Waals surface area contributed by atoms with Crippen LogP contribution in [0.2, 0.25) is 0 Å². The minimum absolute atomic E-state index is 0. The molecule has 0 spiro atoms. The van der Waals surface area contributed by atoms with E-state index < -0.39 is 0 Å². The smallest absolute Gasteiger partial charge is 0.167 e. The second kappa shape index (κ2) is 8.94. The van der Waals surface area contributed by atoms with Gasteiger partial charge in [0.1, 0.15) is 11.5 Å². The van der Waals surface area contributed by atoms with Crippen molar-refractivity contribution in [2.75, 3.05) is 0 Å². The van der Waals surface area contributed by atoms with Crippen LogP contribution in [0.25, 0.3) is 33.5 Å². The maximum absolute atomic E-state index is 6.68. The third kappa shape index (κ3) is 3.90. The van der Waals surface area contributed by atoms with Gasteiger partial charge in [-0.05, 0) is 43.7 Å². The quantitative estimate of drug-likeness (QED) is 0.365. The van der Waals surface area contributed by atoms with E-state index in [1.54, 1.807) is 0 Å².